The Morgan fingerprint density at radius 3 is 2.85 bits per heavy atom. The van der Waals surface area contributed by atoms with Crippen LogP contribution in [0.4, 0.5) is 0 Å². The van der Waals surface area contributed by atoms with E-state index in [4.69, 9.17) is 9.79 Å². The van der Waals surface area contributed by atoms with E-state index in [1.165, 1.54) is 16.3 Å². The fourth-order valence-electron chi connectivity index (χ4n) is 3.35. The first-order chi connectivity index (χ1) is 12.9. The van der Waals surface area contributed by atoms with Crippen molar-refractivity contribution < 1.29 is 14.4 Å². The first-order valence-electron chi connectivity index (χ1n) is 9.12. The van der Waals surface area contributed by atoms with Crippen LogP contribution in [0, 0.1) is 0 Å². The summed E-state index contributed by atoms with van der Waals surface area (Å²) in [6, 6.07) is 14.8. The van der Waals surface area contributed by atoms with Gasteiger partial charge >= 0.3 is 6.80 Å². The number of hydrogen-bond acceptors (Lipinski definition) is 5. The predicted octanol–water partition coefficient (Wildman–Crippen LogP) is 2.90. The zero-order valence-electron chi connectivity index (χ0n) is 15.4. The smallest absolute Gasteiger partial charge is 0.357 e. The van der Waals surface area contributed by atoms with Crippen LogP contribution in [0.2, 0.25) is 0 Å². The SMILES string of the molecule is CC(CNCCN1CCN=C1Cc1cccc2ccccc12)SP(=O)(O)O. The van der Waals surface area contributed by atoms with E-state index in [0.717, 1.165) is 38.4 Å². The molecule has 0 fully saturated rings. The highest BCUT2D eigenvalue weighted by Gasteiger charge is 2.20. The van der Waals surface area contributed by atoms with Crippen LogP contribution in [0.1, 0.15) is 12.5 Å². The van der Waals surface area contributed by atoms with Crippen LogP contribution in [0.3, 0.4) is 0 Å². The molecule has 0 radical (unpaired) electrons. The minimum absolute atomic E-state index is 0.131. The second-order valence-corrected chi connectivity index (χ2v) is 10.8. The van der Waals surface area contributed by atoms with Crippen LogP contribution in [0.25, 0.3) is 10.8 Å². The van der Waals surface area contributed by atoms with Crippen molar-refractivity contribution in [2.24, 2.45) is 4.99 Å². The Balaban J connectivity index is 1.51. The normalized spacial score (nSPS) is 16.0. The molecule has 0 saturated carbocycles. The van der Waals surface area contributed by atoms with Crippen molar-refractivity contribution in [3.63, 3.8) is 0 Å². The maximum Gasteiger partial charge on any atom is 0.384 e. The van der Waals surface area contributed by atoms with E-state index in [0.29, 0.717) is 17.9 Å². The standard InChI is InChI=1S/C19H26N3O3PS/c1-15(27-26(23,24)25)14-20-9-11-22-12-10-21-19(22)13-17-7-4-6-16-5-2-3-8-18(16)17/h2-8,15,20H,9-14H2,1H3,(H2,23,24,25). The lowest BCUT2D eigenvalue weighted by Crippen LogP contribution is -2.37. The Hall–Kier alpha value is -1.37. The molecule has 3 rings (SSSR count). The van der Waals surface area contributed by atoms with Crippen molar-refractivity contribution in [1.82, 2.24) is 10.2 Å². The molecule has 3 N–H and O–H groups in total. The van der Waals surface area contributed by atoms with Gasteiger partial charge in [-0.2, -0.15) is 0 Å². The van der Waals surface area contributed by atoms with E-state index in [1.54, 1.807) is 0 Å². The number of amidine groups is 1. The van der Waals surface area contributed by atoms with Gasteiger partial charge in [-0.3, -0.25) is 4.99 Å². The summed E-state index contributed by atoms with van der Waals surface area (Å²) >= 11 is 0.710. The highest BCUT2D eigenvalue weighted by atomic mass is 32.7. The molecule has 0 saturated heterocycles. The number of rotatable bonds is 9. The molecule has 146 valence electrons. The molecule has 0 bridgehead atoms. The maximum atomic E-state index is 11.0. The van der Waals surface area contributed by atoms with Gasteiger partial charge in [0.2, 0.25) is 0 Å². The summed E-state index contributed by atoms with van der Waals surface area (Å²) in [5.74, 6) is 1.12. The average Bonchev–Trinajstić information content (AvgIpc) is 3.05. The number of benzene rings is 2. The van der Waals surface area contributed by atoms with E-state index in [-0.39, 0.29) is 5.25 Å². The second kappa shape index (κ2) is 9.22. The van der Waals surface area contributed by atoms with Crippen LogP contribution < -0.4 is 5.32 Å². The van der Waals surface area contributed by atoms with E-state index < -0.39 is 6.80 Å². The van der Waals surface area contributed by atoms with E-state index in [9.17, 15) is 4.57 Å². The summed E-state index contributed by atoms with van der Waals surface area (Å²) in [4.78, 5) is 25.0. The van der Waals surface area contributed by atoms with Gasteiger partial charge in [-0.15, -0.1) is 0 Å². The summed E-state index contributed by atoms with van der Waals surface area (Å²) in [5, 5.41) is 5.68. The zero-order chi connectivity index (χ0) is 19.3. The first-order valence-corrected chi connectivity index (χ1v) is 12.2. The molecule has 1 heterocycles. The monoisotopic (exact) mass is 407 g/mol. The van der Waals surface area contributed by atoms with Crippen molar-refractivity contribution >= 4 is 34.8 Å². The minimum atomic E-state index is -4.01. The molecule has 1 atom stereocenters. The Morgan fingerprint density at radius 2 is 2.04 bits per heavy atom. The molecular weight excluding hydrogens is 381 g/mol. The lowest BCUT2D eigenvalue weighted by molar-refractivity contribution is 0.396. The number of aliphatic imine (C=N–C) groups is 1. The van der Waals surface area contributed by atoms with Crippen molar-refractivity contribution in [2.45, 2.75) is 18.6 Å². The average molecular weight is 407 g/mol. The summed E-state index contributed by atoms with van der Waals surface area (Å²) in [7, 11) is 0. The van der Waals surface area contributed by atoms with Gasteiger partial charge < -0.3 is 20.0 Å². The van der Waals surface area contributed by atoms with Gasteiger partial charge in [0.05, 0.1) is 6.54 Å². The van der Waals surface area contributed by atoms with Crippen LogP contribution in [0.15, 0.2) is 47.5 Å². The van der Waals surface area contributed by atoms with Gasteiger partial charge in [-0.25, -0.2) is 4.57 Å². The summed E-state index contributed by atoms with van der Waals surface area (Å²) in [5.41, 5.74) is 1.29. The molecule has 1 unspecified atom stereocenters. The Morgan fingerprint density at radius 1 is 1.26 bits per heavy atom. The molecule has 8 heteroatoms. The Labute approximate surface area is 164 Å². The molecule has 27 heavy (non-hydrogen) atoms. The van der Waals surface area contributed by atoms with Gasteiger partial charge in [0.15, 0.2) is 0 Å². The molecule has 6 nitrogen and oxygen atoms in total. The lowest BCUT2D eigenvalue weighted by atomic mass is 10.0. The van der Waals surface area contributed by atoms with Crippen molar-refractivity contribution in [3.05, 3.63) is 48.0 Å². The van der Waals surface area contributed by atoms with Crippen molar-refractivity contribution in [1.29, 1.82) is 0 Å². The second-order valence-electron chi connectivity index (χ2n) is 6.71. The number of nitrogens with one attached hydrogen (secondary N) is 1. The van der Waals surface area contributed by atoms with Crippen molar-refractivity contribution in [3.8, 4) is 0 Å². The fraction of sp³-hybridized carbons (Fsp3) is 0.421. The third-order valence-corrected chi connectivity index (χ3v) is 7.27. The lowest BCUT2D eigenvalue weighted by Gasteiger charge is -2.22. The predicted molar refractivity (Wildman–Crippen MR) is 113 cm³/mol. The van der Waals surface area contributed by atoms with E-state index >= 15 is 0 Å². The molecule has 0 aromatic heterocycles. The molecule has 1 aliphatic rings. The highest BCUT2D eigenvalue weighted by Crippen LogP contribution is 2.52. The third kappa shape index (κ3) is 6.06. The number of fused-ring (bicyclic) bond motifs is 1. The van der Waals surface area contributed by atoms with Gasteiger partial charge in [0.1, 0.15) is 5.84 Å². The van der Waals surface area contributed by atoms with Gasteiger partial charge in [0.25, 0.3) is 0 Å². The van der Waals surface area contributed by atoms with Crippen LogP contribution >= 0.6 is 18.2 Å². The van der Waals surface area contributed by atoms with Crippen molar-refractivity contribution in [2.75, 3.05) is 32.7 Å². The molecule has 2 aromatic carbocycles. The van der Waals surface area contributed by atoms with Crippen LogP contribution in [-0.2, 0) is 11.0 Å². The molecule has 0 aliphatic carbocycles. The Bertz CT molecular complexity index is 850. The topological polar surface area (TPSA) is 85.2 Å². The van der Waals surface area contributed by atoms with E-state index in [1.807, 2.05) is 6.92 Å². The summed E-state index contributed by atoms with van der Waals surface area (Å²) in [6.07, 6.45) is 0.825. The fourth-order valence-corrected chi connectivity index (χ4v) is 5.64. The quantitative estimate of drug-likeness (QED) is 0.438. The largest absolute Gasteiger partial charge is 0.384 e. The highest BCUT2D eigenvalue weighted by molar-refractivity contribution is 8.54. The number of nitrogens with zero attached hydrogens (tertiary/aromatic N) is 2. The van der Waals surface area contributed by atoms with E-state index in [2.05, 4.69) is 57.7 Å². The van der Waals surface area contributed by atoms with Crippen LogP contribution in [-0.4, -0.2) is 58.5 Å². The third-order valence-electron chi connectivity index (χ3n) is 4.57. The summed E-state index contributed by atoms with van der Waals surface area (Å²) in [6.45, 7) is 1.73. The Kier molecular flexibility index (Phi) is 6.95. The molecule has 2 aromatic rings. The zero-order valence-corrected chi connectivity index (χ0v) is 17.1. The first kappa shape index (κ1) is 20.4. The molecular formula is C19H26N3O3PS. The molecule has 1 aliphatic heterocycles. The van der Waals surface area contributed by atoms with Gasteiger partial charge in [0, 0.05) is 37.8 Å². The maximum absolute atomic E-state index is 11.0. The number of hydrogen-bond donors (Lipinski definition) is 3. The minimum Gasteiger partial charge on any atom is -0.357 e. The van der Waals surface area contributed by atoms with Gasteiger partial charge in [-0.1, -0.05) is 49.4 Å². The summed E-state index contributed by atoms with van der Waals surface area (Å²) < 4.78 is 11.0. The molecule has 0 spiro atoms. The van der Waals surface area contributed by atoms with Crippen LogP contribution in [0.5, 0.6) is 0 Å². The van der Waals surface area contributed by atoms with Gasteiger partial charge in [-0.05, 0) is 27.7 Å². The molecule has 0 amide bonds.